The molecule has 6 N–H and O–H groups in total. The van der Waals surface area contributed by atoms with Crippen LogP contribution in [0.3, 0.4) is 0 Å². The molecule has 0 heterocycles. The van der Waals surface area contributed by atoms with Crippen molar-refractivity contribution in [3.05, 3.63) is 24.8 Å². The Bertz CT molecular complexity index is 1120. The van der Waals surface area contributed by atoms with Crippen molar-refractivity contribution >= 4 is 19.8 Å². The number of rotatable bonds is 39. The molecule has 1 aliphatic rings. The molecule has 14 heteroatoms. The number of aliphatic hydroxyl groups is 5. The summed E-state index contributed by atoms with van der Waals surface area (Å²) in [5.74, 6) is -1.15. The number of carbonyl (C=O) groups excluding carboxylic acids is 2. The van der Waals surface area contributed by atoms with Crippen LogP contribution in [0.2, 0.25) is 0 Å². The lowest BCUT2D eigenvalue weighted by Gasteiger charge is -2.41. The van der Waals surface area contributed by atoms with E-state index in [4.69, 9.17) is 18.5 Å². The van der Waals surface area contributed by atoms with Crippen LogP contribution in [-0.4, -0.2) is 98.3 Å². The largest absolute Gasteiger partial charge is 0.472 e. The lowest BCUT2D eigenvalue weighted by molar-refractivity contribution is -0.220. The lowest BCUT2D eigenvalue weighted by atomic mass is 9.85. The molecule has 13 nitrogen and oxygen atoms in total. The van der Waals surface area contributed by atoms with E-state index in [2.05, 4.69) is 19.6 Å². The van der Waals surface area contributed by atoms with E-state index in [1.54, 1.807) is 0 Å². The van der Waals surface area contributed by atoms with Crippen molar-refractivity contribution in [2.75, 3.05) is 13.2 Å². The molecular formula is C45H83O13P. The molecule has 0 spiro atoms. The predicted molar refractivity (Wildman–Crippen MR) is 230 cm³/mol. The second-order valence-corrected chi connectivity index (χ2v) is 17.7. The quantitative estimate of drug-likeness (QED) is 0.0148. The van der Waals surface area contributed by atoms with Gasteiger partial charge in [0, 0.05) is 12.8 Å². The van der Waals surface area contributed by atoms with Gasteiger partial charge >= 0.3 is 19.8 Å². The van der Waals surface area contributed by atoms with Crippen LogP contribution < -0.4 is 0 Å². The highest BCUT2D eigenvalue weighted by atomic mass is 31.2. The number of phosphoric acid groups is 1. The van der Waals surface area contributed by atoms with Crippen molar-refractivity contribution in [2.45, 2.75) is 236 Å². The Hall–Kier alpha value is -1.67. The van der Waals surface area contributed by atoms with Crippen molar-refractivity contribution in [2.24, 2.45) is 0 Å². The molecule has 0 aromatic heterocycles. The highest BCUT2D eigenvalue weighted by Gasteiger charge is 2.51. The molecule has 0 aromatic carbocycles. The van der Waals surface area contributed by atoms with Gasteiger partial charge in [0.1, 0.15) is 43.2 Å². The molecule has 1 saturated carbocycles. The van der Waals surface area contributed by atoms with Gasteiger partial charge in [-0.1, -0.05) is 160 Å². The summed E-state index contributed by atoms with van der Waals surface area (Å²) >= 11 is 0. The van der Waals surface area contributed by atoms with Gasteiger partial charge in [0.15, 0.2) is 6.10 Å². The first-order chi connectivity index (χ1) is 28.4. The zero-order valence-corrected chi connectivity index (χ0v) is 37.3. The van der Waals surface area contributed by atoms with Crippen molar-refractivity contribution in [1.29, 1.82) is 0 Å². The van der Waals surface area contributed by atoms with Crippen LogP contribution in [0.5, 0.6) is 0 Å². The minimum absolute atomic E-state index is 0.0856. The fourth-order valence-electron chi connectivity index (χ4n) is 7.17. The normalized spacial score (nSPS) is 22.3. The smallest absolute Gasteiger partial charge is 0.462 e. The number of carbonyl (C=O) groups is 2. The van der Waals surface area contributed by atoms with E-state index in [0.717, 1.165) is 44.9 Å². The molecule has 0 bridgehead atoms. The van der Waals surface area contributed by atoms with Crippen molar-refractivity contribution < 1.29 is 63.1 Å². The third-order valence-electron chi connectivity index (χ3n) is 10.9. The van der Waals surface area contributed by atoms with Gasteiger partial charge in [-0.25, -0.2) is 4.57 Å². The first-order valence-electron chi connectivity index (χ1n) is 23.1. The fraction of sp³-hybridized carbons (Fsp3) is 0.867. The Morgan fingerprint density at radius 3 is 1.47 bits per heavy atom. The first-order valence-corrected chi connectivity index (χ1v) is 24.6. The van der Waals surface area contributed by atoms with Gasteiger partial charge in [0.05, 0.1) is 6.61 Å². The van der Waals surface area contributed by atoms with Gasteiger partial charge in [-0.2, -0.15) is 0 Å². The molecule has 0 radical (unpaired) electrons. The number of ether oxygens (including phenoxy) is 2. The summed E-state index contributed by atoms with van der Waals surface area (Å²) in [4.78, 5) is 35.6. The SMILES string of the molecule is C=CCCCCCCCCCCCCCCCC(=O)O[C@H](COC(=O)CC/C=C/CCCCCCCCCCCCC)COP(=O)(O)OC1C(O)C(O)C(O)[C@@H](O)C1O. The number of hydrogen-bond donors (Lipinski definition) is 6. The molecule has 6 unspecified atom stereocenters. The Morgan fingerprint density at radius 2 is 0.983 bits per heavy atom. The van der Waals surface area contributed by atoms with Crippen molar-refractivity contribution in [3.63, 3.8) is 0 Å². The Morgan fingerprint density at radius 1 is 0.559 bits per heavy atom. The van der Waals surface area contributed by atoms with E-state index in [1.165, 1.54) is 116 Å². The lowest BCUT2D eigenvalue weighted by Crippen LogP contribution is -2.64. The minimum Gasteiger partial charge on any atom is -0.462 e. The monoisotopic (exact) mass is 863 g/mol. The van der Waals surface area contributed by atoms with Crippen LogP contribution >= 0.6 is 7.82 Å². The summed E-state index contributed by atoms with van der Waals surface area (Å²) in [6, 6.07) is 0. The molecular weight excluding hydrogens is 779 g/mol. The topological polar surface area (TPSA) is 210 Å². The van der Waals surface area contributed by atoms with Crippen LogP contribution in [0, 0.1) is 0 Å². The second kappa shape index (κ2) is 35.9. The molecule has 346 valence electrons. The number of esters is 2. The molecule has 1 fully saturated rings. The summed E-state index contributed by atoms with van der Waals surface area (Å²) in [6.07, 6.45) is 24.2. The standard InChI is InChI=1S/C45H83O13P/c1-3-5-7-9-11-13-15-17-19-21-23-25-27-29-31-33-38(46)55-35-37(36-56-59(53,54)58-45-43(51)41(49)40(48)42(50)44(45)52)57-39(47)34-32-30-28-26-24-22-20-18-16-14-12-10-8-6-4-2/h4,27,29,37,40-45,48-52H,2-3,5-26,28,30-36H2,1H3,(H,53,54)/b29-27+/t37-,40?,41-,42?,43?,44?,45?/m1/s1. The highest BCUT2D eigenvalue weighted by molar-refractivity contribution is 7.47. The summed E-state index contributed by atoms with van der Waals surface area (Å²) in [5.41, 5.74) is 0. The fourth-order valence-corrected chi connectivity index (χ4v) is 8.14. The van der Waals surface area contributed by atoms with E-state index in [-0.39, 0.29) is 12.8 Å². The first kappa shape index (κ1) is 55.3. The number of aliphatic hydroxyl groups excluding tert-OH is 5. The van der Waals surface area contributed by atoms with E-state index in [0.29, 0.717) is 12.8 Å². The second-order valence-electron chi connectivity index (χ2n) is 16.3. The summed E-state index contributed by atoms with van der Waals surface area (Å²) in [7, 11) is -5.12. The van der Waals surface area contributed by atoms with Crippen LogP contribution in [-0.2, 0) is 32.7 Å². The number of unbranched alkanes of at least 4 members (excludes halogenated alkanes) is 24. The van der Waals surface area contributed by atoms with Crippen LogP contribution in [0.1, 0.15) is 193 Å². The van der Waals surface area contributed by atoms with Crippen LogP contribution in [0.25, 0.3) is 0 Å². The summed E-state index contributed by atoms with van der Waals surface area (Å²) in [5, 5.41) is 50.1. The van der Waals surface area contributed by atoms with Crippen molar-refractivity contribution in [1.82, 2.24) is 0 Å². The van der Waals surface area contributed by atoms with Gasteiger partial charge in [-0.05, 0) is 38.5 Å². The van der Waals surface area contributed by atoms with E-state index >= 15 is 0 Å². The molecule has 0 saturated heterocycles. The van der Waals surface area contributed by atoms with Gasteiger partial charge in [-0.3, -0.25) is 18.6 Å². The summed E-state index contributed by atoms with van der Waals surface area (Å²) < 4.78 is 33.5. The summed E-state index contributed by atoms with van der Waals surface area (Å²) in [6.45, 7) is 4.80. The average Bonchev–Trinajstić information content (AvgIpc) is 3.21. The number of phosphoric ester groups is 1. The van der Waals surface area contributed by atoms with E-state index in [9.17, 15) is 44.6 Å². The van der Waals surface area contributed by atoms with E-state index < -0.39 is 75.7 Å². The molecule has 0 aromatic rings. The van der Waals surface area contributed by atoms with E-state index in [1.807, 2.05) is 12.2 Å². The van der Waals surface area contributed by atoms with Crippen LogP contribution in [0.4, 0.5) is 0 Å². The van der Waals surface area contributed by atoms with Gasteiger partial charge < -0.3 is 39.9 Å². The number of hydrogen-bond acceptors (Lipinski definition) is 12. The maximum absolute atomic E-state index is 12.8. The zero-order chi connectivity index (χ0) is 43.6. The predicted octanol–water partition coefficient (Wildman–Crippen LogP) is 8.84. The Balaban J connectivity index is 2.46. The molecule has 8 atom stereocenters. The number of allylic oxidation sites excluding steroid dienone is 3. The maximum Gasteiger partial charge on any atom is 0.472 e. The van der Waals surface area contributed by atoms with Gasteiger partial charge in [-0.15, -0.1) is 6.58 Å². The third kappa shape index (κ3) is 28.5. The Labute approximate surface area is 356 Å². The maximum atomic E-state index is 12.8. The van der Waals surface area contributed by atoms with Gasteiger partial charge in [0.25, 0.3) is 0 Å². The molecule has 1 aliphatic carbocycles. The van der Waals surface area contributed by atoms with Crippen LogP contribution in [0.15, 0.2) is 24.8 Å². The molecule has 0 amide bonds. The molecule has 1 rings (SSSR count). The Kier molecular flexibility index (Phi) is 33.7. The average molecular weight is 863 g/mol. The highest BCUT2D eigenvalue weighted by Crippen LogP contribution is 2.47. The molecule has 59 heavy (non-hydrogen) atoms. The minimum atomic E-state index is -5.12. The third-order valence-corrected chi connectivity index (χ3v) is 11.9. The van der Waals surface area contributed by atoms with Crippen molar-refractivity contribution in [3.8, 4) is 0 Å². The van der Waals surface area contributed by atoms with Gasteiger partial charge in [0.2, 0.25) is 0 Å². The molecule has 0 aliphatic heterocycles. The zero-order valence-electron chi connectivity index (χ0n) is 36.4.